The lowest BCUT2D eigenvalue weighted by atomic mass is 9.95. The van der Waals surface area contributed by atoms with Crippen molar-refractivity contribution in [2.75, 3.05) is 12.0 Å². The Kier molecular flexibility index (Phi) is 5.42. The average molecular weight is 464 g/mol. The van der Waals surface area contributed by atoms with Crippen LogP contribution in [0.1, 0.15) is 17.2 Å². The standard InChI is InChI=1S/C20H12ClF2N3O4S/c1-30-14-5-3-9(6-11(14)21)16-15(17(27)10-2-4-12(22)13(23)7-10)18(28)19(29)26(16)20-25-24-8-31-20/h2-8,16,27H,1H3/b17-15+. The first kappa shape index (κ1) is 20.9. The Hall–Kier alpha value is -3.37. The van der Waals surface area contributed by atoms with Crippen LogP contribution in [0.5, 0.6) is 5.75 Å². The highest BCUT2D eigenvalue weighted by Crippen LogP contribution is 2.43. The molecule has 0 bridgehead atoms. The van der Waals surface area contributed by atoms with Gasteiger partial charge in [0.25, 0.3) is 5.78 Å². The van der Waals surface area contributed by atoms with Gasteiger partial charge in [-0.15, -0.1) is 10.2 Å². The number of Topliss-reactive ketones (excluding diaryl/α,β-unsaturated/α-hetero) is 1. The van der Waals surface area contributed by atoms with Crippen LogP contribution in [0.4, 0.5) is 13.9 Å². The second-order valence-electron chi connectivity index (χ2n) is 6.41. The zero-order valence-electron chi connectivity index (χ0n) is 15.7. The molecule has 11 heteroatoms. The molecule has 2 heterocycles. The van der Waals surface area contributed by atoms with Crippen molar-refractivity contribution in [2.45, 2.75) is 6.04 Å². The summed E-state index contributed by atoms with van der Waals surface area (Å²) in [5.74, 6) is -4.62. The molecule has 158 valence electrons. The Morgan fingerprint density at radius 3 is 2.58 bits per heavy atom. The monoisotopic (exact) mass is 463 g/mol. The minimum Gasteiger partial charge on any atom is -0.507 e. The molecule has 3 aromatic rings. The van der Waals surface area contributed by atoms with Gasteiger partial charge in [0.05, 0.1) is 23.7 Å². The van der Waals surface area contributed by atoms with Gasteiger partial charge in [0.15, 0.2) is 11.6 Å². The first-order valence-electron chi connectivity index (χ1n) is 8.69. The lowest BCUT2D eigenvalue weighted by molar-refractivity contribution is -0.132. The summed E-state index contributed by atoms with van der Waals surface area (Å²) in [6, 6.07) is 6.09. The summed E-state index contributed by atoms with van der Waals surface area (Å²) in [4.78, 5) is 26.8. The number of ketones is 1. The molecule has 1 fully saturated rings. The molecule has 0 spiro atoms. The van der Waals surface area contributed by atoms with E-state index in [4.69, 9.17) is 16.3 Å². The zero-order chi connectivity index (χ0) is 22.3. The average Bonchev–Trinajstić information content (AvgIpc) is 3.36. The maximum absolute atomic E-state index is 13.7. The van der Waals surface area contributed by atoms with Gasteiger partial charge < -0.3 is 9.84 Å². The van der Waals surface area contributed by atoms with Crippen LogP contribution < -0.4 is 9.64 Å². The van der Waals surface area contributed by atoms with Crippen LogP contribution in [0.15, 0.2) is 47.5 Å². The number of hydrogen-bond donors (Lipinski definition) is 1. The number of anilines is 1. The molecule has 4 rings (SSSR count). The second-order valence-corrected chi connectivity index (χ2v) is 7.63. The number of aliphatic hydroxyl groups excluding tert-OH is 1. The summed E-state index contributed by atoms with van der Waals surface area (Å²) < 4.78 is 32.2. The molecular weight excluding hydrogens is 452 g/mol. The van der Waals surface area contributed by atoms with Gasteiger partial charge >= 0.3 is 5.91 Å². The molecule has 0 radical (unpaired) electrons. The highest BCUT2D eigenvalue weighted by atomic mass is 35.5. The van der Waals surface area contributed by atoms with E-state index in [0.29, 0.717) is 11.3 Å². The lowest BCUT2D eigenvalue weighted by Gasteiger charge is -2.23. The highest BCUT2D eigenvalue weighted by Gasteiger charge is 2.48. The molecule has 31 heavy (non-hydrogen) atoms. The van der Waals surface area contributed by atoms with Crippen molar-refractivity contribution < 1.29 is 28.2 Å². The summed E-state index contributed by atoms with van der Waals surface area (Å²) >= 11 is 7.24. The number of carbonyl (C=O) groups excluding carboxylic acids is 2. The molecule has 1 aliphatic rings. The first-order chi connectivity index (χ1) is 14.8. The normalized spacial score (nSPS) is 17.9. The molecular formula is C20H12ClF2N3O4S. The number of benzene rings is 2. The quantitative estimate of drug-likeness (QED) is 0.356. The predicted molar refractivity (Wildman–Crippen MR) is 109 cm³/mol. The maximum Gasteiger partial charge on any atom is 0.301 e. The second kappa shape index (κ2) is 8.05. The van der Waals surface area contributed by atoms with Crippen LogP contribution in [0.2, 0.25) is 5.02 Å². The van der Waals surface area contributed by atoms with Gasteiger partial charge in [-0.25, -0.2) is 8.78 Å². The van der Waals surface area contributed by atoms with Crippen molar-refractivity contribution in [3.05, 3.63) is 75.3 Å². The largest absolute Gasteiger partial charge is 0.507 e. The molecule has 1 aromatic heterocycles. The summed E-state index contributed by atoms with van der Waals surface area (Å²) in [5, 5.41) is 18.7. The van der Waals surface area contributed by atoms with Crippen LogP contribution >= 0.6 is 22.9 Å². The number of carbonyl (C=O) groups is 2. The molecule has 0 saturated carbocycles. The van der Waals surface area contributed by atoms with Crippen LogP contribution in [-0.2, 0) is 9.59 Å². The van der Waals surface area contributed by atoms with Crippen LogP contribution in [-0.4, -0.2) is 34.1 Å². The zero-order valence-corrected chi connectivity index (χ0v) is 17.2. The van der Waals surface area contributed by atoms with Gasteiger partial charge in [0.1, 0.15) is 17.0 Å². The molecule has 1 N–H and O–H groups in total. The first-order valence-corrected chi connectivity index (χ1v) is 9.95. The summed E-state index contributed by atoms with van der Waals surface area (Å²) in [5.41, 5.74) is 1.25. The number of nitrogens with zero attached hydrogens (tertiary/aromatic N) is 3. The number of methoxy groups -OCH3 is 1. The maximum atomic E-state index is 13.7. The van der Waals surface area contributed by atoms with E-state index in [0.717, 1.165) is 34.4 Å². The number of ether oxygens (including phenoxy) is 1. The van der Waals surface area contributed by atoms with Crippen LogP contribution in [0.3, 0.4) is 0 Å². The minimum atomic E-state index is -1.22. The van der Waals surface area contributed by atoms with Crippen molar-refractivity contribution >= 4 is 45.5 Å². The van der Waals surface area contributed by atoms with Crippen LogP contribution in [0, 0.1) is 11.6 Å². The van der Waals surface area contributed by atoms with Crippen molar-refractivity contribution in [1.29, 1.82) is 0 Å². The fourth-order valence-corrected chi connectivity index (χ4v) is 4.12. The van der Waals surface area contributed by atoms with Crippen molar-refractivity contribution in [1.82, 2.24) is 10.2 Å². The molecule has 2 aromatic carbocycles. The van der Waals surface area contributed by atoms with E-state index in [-0.39, 0.29) is 21.3 Å². The Bertz CT molecular complexity index is 1230. The van der Waals surface area contributed by atoms with Gasteiger partial charge in [-0.3, -0.25) is 14.5 Å². The minimum absolute atomic E-state index is 0.114. The smallest absolute Gasteiger partial charge is 0.301 e. The molecule has 1 atom stereocenters. The molecule has 1 amide bonds. The van der Waals surface area contributed by atoms with E-state index in [1.165, 1.54) is 24.8 Å². The molecule has 0 aliphatic carbocycles. The third-order valence-corrected chi connectivity index (χ3v) is 5.67. The third kappa shape index (κ3) is 3.53. The number of aromatic nitrogens is 2. The Balaban J connectivity index is 1.95. The number of halogens is 3. The Labute approximate surface area is 183 Å². The number of aliphatic hydroxyl groups is 1. The fourth-order valence-electron chi connectivity index (χ4n) is 3.27. The number of amides is 1. The van der Waals surface area contributed by atoms with Crippen molar-refractivity contribution in [3.63, 3.8) is 0 Å². The molecule has 1 aliphatic heterocycles. The molecule has 7 nitrogen and oxygen atoms in total. The van der Waals surface area contributed by atoms with E-state index in [1.54, 1.807) is 6.07 Å². The van der Waals surface area contributed by atoms with E-state index in [1.807, 2.05) is 0 Å². The number of rotatable bonds is 4. The van der Waals surface area contributed by atoms with Crippen LogP contribution in [0.25, 0.3) is 5.76 Å². The van der Waals surface area contributed by atoms with Gasteiger partial charge in [-0.05, 0) is 35.9 Å². The van der Waals surface area contributed by atoms with Crippen molar-refractivity contribution in [3.8, 4) is 5.75 Å². The highest BCUT2D eigenvalue weighted by molar-refractivity contribution is 7.13. The number of hydrogen-bond acceptors (Lipinski definition) is 7. The van der Waals surface area contributed by atoms with Gasteiger partial charge in [0.2, 0.25) is 5.13 Å². The fraction of sp³-hybridized carbons (Fsp3) is 0.100. The molecule has 1 unspecified atom stereocenters. The Morgan fingerprint density at radius 2 is 1.97 bits per heavy atom. The van der Waals surface area contributed by atoms with Crippen molar-refractivity contribution in [2.24, 2.45) is 0 Å². The molecule has 1 saturated heterocycles. The topological polar surface area (TPSA) is 92.6 Å². The summed E-state index contributed by atoms with van der Waals surface area (Å²) in [6.07, 6.45) is 0. The van der Waals surface area contributed by atoms with E-state index >= 15 is 0 Å². The van der Waals surface area contributed by atoms with Gasteiger partial charge in [-0.2, -0.15) is 0 Å². The predicted octanol–water partition coefficient (Wildman–Crippen LogP) is 4.10. The van der Waals surface area contributed by atoms with E-state index in [9.17, 15) is 23.5 Å². The Morgan fingerprint density at radius 1 is 1.19 bits per heavy atom. The SMILES string of the molecule is COc1ccc(C2/C(=C(\O)c3ccc(F)c(F)c3)C(=O)C(=O)N2c2nncs2)cc1Cl. The van der Waals surface area contributed by atoms with Gasteiger partial charge in [0, 0.05) is 5.56 Å². The summed E-state index contributed by atoms with van der Waals surface area (Å²) in [6.45, 7) is 0. The van der Waals surface area contributed by atoms with Gasteiger partial charge in [-0.1, -0.05) is 29.0 Å². The third-order valence-electron chi connectivity index (χ3n) is 4.68. The van der Waals surface area contributed by atoms with E-state index in [2.05, 4.69) is 10.2 Å². The summed E-state index contributed by atoms with van der Waals surface area (Å²) in [7, 11) is 1.43. The van der Waals surface area contributed by atoms with E-state index < -0.39 is 35.1 Å². The lowest BCUT2D eigenvalue weighted by Crippen LogP contribution is -2.29.